The lowest BCUT2D eigenvalue weighted by Gasteiger charge is -2.11. The lowest BCUT2D eigenvalue weighted by molar-refractivity contribution is 0.379. The van der Waals surface area contributed by atoms with E-state index in [1.54, 1.807) is 18.2 Å². The average Bonchev–Trinajstić information content (AvgIpc) is 2.33. The number of methoxy groups -OCH3 is 1. The van der Waals surface area contributed by atoms with Crippen molar-refractivity contribution in [3.63, 3.8) is 0 Å². The molecule has 94 valence electrons. The minimum absolute atomic E-state index is 0.185. The van der Waals surface area contributed by atoms with Crippen LogP contribution in [0.25, 0.3) is 0 Å². The number of aromatic hydroxyl groups is 1. The van der Waals surface area contributed by atoms with Gasteiger partial charge in [0.2, 0.25) is 0 Å². The number of aryl methyl sites for hydroxylation is 2. The number of aromatic nitrogens is 2. The molecule has 0 saturated heterocycles. The van der Waals surface area contributed by atoms with Crippen LogP contribution in [0.2, 0.25) is 0 Å². The largest absolute Gasteiger partial charge is 0.506 e. The Morgan fingerprint density at radius 3 is 2.67 bits per heavy atom. The van der Waals surface area contributed by atoms with Crippen molar-refractivity contribution in [3.8, 4) is 11.8 Å². The summed E-state index contributed by atoms with van der Waals surface area (Å²) in [6.07, 6.45) is 0. The number of hydrogen-bond donors (Lipinski definition) is 2. The van der Waals surface area contributed by atoms with E-state index in [4.69, 9.17) is 4.74 Å². The lowest BCUT2D eigenvalue weighted by atomic mass is 10.2. The molecule has 1 aromatic heterocycles. The fourth-order valence-electron chi connectivity index (χ4n) is 1.64. The molecule has 0 aliphatic rings. The second kappa shape index (κ2) is 4.91. The summed E-state index contributed by atoms with van der Waals surface area (Å²) in [6.45, 7) is 3.76. The van der Waals surface area contributed by atoms with E-state index < -0.39 is 0 Å². The van der Waals surface area contributed by atoms with Gasteiger partial charge < -0.3 is 15.2 Å². The molecule has 2 N–H and O–H groups in total. The molecule has 0 atom stereocenters. The highest BCUT2D eigenvalue weighted by Crippen LogP contribution is 2.29. The quantitative estimate of drug-likeness (QED) is 0.813. The maximum Gasteiger partial charge on any atom is 0.318 e. The van der Waals surface area contributed by atoms with E-state index in [1.807, 2.05) is 19.9 Å². The van der Waals surface area contributed by atoms with Gasteiger partial charge in [0.15, 0.2) is 0 Å². The van der Waals surface area contributed by atoms with E-state index in [1.165, 1.54) is 7.11 Å². The van der Waals surface area contributed by atoms with Crippen molar-refractivity contribution in [2.75, 3.05) is 12.4 Å². The third kappa shape index (κ3) is 2.51. The number of ether oxygens (including phenoxy) is 1. The van der Waals surface area contributed by atoms with Crippen LogP contribution in [0, 0.1) is 13.8 Å². The summed E-state index contributed by atoms with van der Waals surface area (Å²) in [5, 5.41) is 12.9. The van der Waals surface area contributed by atoms with E-state index >= 15 is 0 Å². The van der Waals surface area contributed by atoms with Crippen LogP contribution < -0.4 is 10.1 Å². The van der Waals surface area contributed by atoms with Gasteiger partial charge in [-0.05, 0) is 25.5 Å². The highest BCUT2D eigenvalue weighted by molar-refractivity contribution is 5.67. The van der Waals surface area contributed by atoms with Gasteiger partial charge in [-0.25, -0.2) is 4.98 Å². The predicted molar refractivity (Wildman–Crippen MR) is 69.4 cm³/mol. The van der Waals surface area contributed by atoms with Crippen molar-refractivity contribution in [3.05, 3.63) is 35.5 Å². The first-order valence-electron chi connectivity index (χ1n) is 5.55. The normalized spacial score (nSPS) is 10.2. The van der Waals surface area contributed by atoms with Gasteiger partial charge in [0.25, 0.3) is 0 Å². The molecule has 2 rings (SSSR count). The summed E-state index contributed by atoms with van der Waals surface area (Å²) in [7, 11) is 1.52. The molecule has 0 fully saturated rings. The number of nitrogens with one attached hydrogen (secondary N) is 1. The topological polar surface area (TPSA) is 67.3 Å². The van der Waals surface area contributed by atoms with Gasteiger partial charge in [-0.2, -0.15) is 4.98 Å². The molecule has 0 aliphatic carbocycles. The standard InChI is InChI=1S/C13H15N3O2/c1-8-5-4-6-10(17)12(8)15-11-7-9(2)14-13(16-11)18-3/h4-7,17H,1-3H3,(H,14,15,16). The van der Waals surface area contributed by atoms with Crippen molar-refractivity contribution >= 4 is 11.5 Å². The van der Waals surface area contributed by atoms with Crippen LogP contribution in [-0.4, -0.2) is 22.2 Å². The highest BCUT2D eigenvalue weighted by Gasteiger charge is 2.07. The molecule has 0 aliphatic heterocycles. The van der Waals surface area contributed by atoms with Crippen LogP contribution in [-0.2, 0) is 0 Å². The van der Waals surface area contributed by atoms with E-state index in [-0.39, 0.29) is 5.75 Å². The molecule has 0 amide bonds. The van der Waals surface area contributed by atoms with Crippen molar-refractivity contribution in [2.45, 2.75) is 13.8 Å². The van der Waals surface area contributed by atoms with Gasteiger partial charge in [0, 0.05) is 11.8 Å². The highest BCUT2D eigenvalue weighted by atomic mass is 16.5. The number of benzene rings is 1. The summed E-state index contributed by atoms with van der Waals surface area (Å²) < 4.78 is 5.01. The van der Waals surface area contributed by atoms with E-state index in [2.05, 4.69) is 15.3 Å². The Labute approximate surface area is 105 Å². The van der Waals surface area contributed by atoms with Gasteiger partial charge in [0.05, 0.1) is 12.8 Å². The molecule has 18 heavy (non-hydrogen) atoms. The number of phenolic OH excluding ortho intramolecular Hbond substituents is 1. The number of phenols is 1. The SMILES string of the molecule is COc1nc(C)cc(Nc2c(C)cccc2O)n1. The van der Waals surface area contributed by atoms with Gasteiger partial charge >= 0.3 is 6.01 Å². The van der Waals surface area contributed by atoms with Crippen molar-refractivity contribution in [1.29, 1.82) is 0 Å². The third-order valence-corrected chi connectivity index (χ3v) is 2.52. The molecule has 0 unspecified atom stereocenters. The number of anilines is 2. The number of hydrogen-bond acceptors (Lipinski definition) is 5. The van der Waals surface area contributed by atoms with Crippen molar-refractivity contribution < 1.29 is 9.84 Å². The molecule has 1 aromatic carbocycles. The van der Waals surface area contributed by atoms with Crippen LogP contribution in [0.5, 0.6) is 11.8 Å². The average molecular weight is 245 g/mol. The van der Waals surface area contributed by atoms with Crippen LogP contribution >= 0.6 is 0 Å². The Hall–Kier alpha value is -2.30. The molecule has 1 heterocycles. The Balaban J connectivity index is 2.37. The van der Waals surface area contributed by atoms with E-state index in [0.29, 0.717) is 17.5 Å². The van der Waals surface area contributed by atoms with Crippen LogP contribution in [0.4, 0.5) is 11.5 Å². The summed E-state index contributed by atoms with van der Waals surface area (Å²) >= 11 is 0. The summed E-state index contributed by atoms with van der Waals surface area (Å²) in [5.41, 5.74) is 2.36. The maximum absolute atomic E-state index is 9.81. The van der Waals surface area contributed by atoms with Crippen LogP contribution in [0.15, 0.2) is 24.3 Å². The van der Waals surface area contributed by atoms with E-state index in [0.717, 1.165) is 11.3 Å². The van der Waals surface area contributed by atoms with E-state index in [9.17, 15) is 5.11 Å². The minimum Gasteiger partial charge on any atom is -0.506 e. The molecule has 0 saturated carbocycles. The number of nitrogens with zero attached hydrogens (tertiary/aromatic N) is 2. The minimum atomic E-state index is 0.185. The third-order valence-electron chi connectivity index (χ3n) is 2.52. The zero-order valence-electron chi connectivity index (χ0n) is 10.6. The summed E-state index contributed by atoms with van der Waals surface area (Å²) in [4.78, 5) is 8.28. The first-order chi connectivity index (χ1) is 8.60. The van der Waals surface area contributed by atoms with Crippen LogP contribution in [0.1, 0.15) is 11.3 Å². The van der Waals surface area contributed by atoms with Crippen molar-refractivity contribution in [1.82, 2.24) is 9.97 Å². The zero-order valence-corrected chi connectivity index (χ0v) is 10.6. The molecule has 0 spiro atoms. The zero-order chi connectivity index (χ0) is 13.1. The maximum atomic E-state index is 9.81. The number of para-hydroxylation sites is 1. The molecule has 0 radical (unpaired) electrons. The molecule has 5 nitrogen and oxygen atoms in total. The second-order valence-corrected chi connectivity index (χ2v) is 3.98. The van der Waals surface area contributed by atoms with Crippen molar-refractivity contribution in [2.24, 2.45) is 0 Å². The molecule has 2 aromatic rings. The number of rotatable bonds is 3. The van der Waals surface area contributed by atoms with Gasteiger partial charge in [0.1, 0.15) is 11.6 Å². The Morgan fingerprint density at radius 1 is 1.22 bits per heavy atom. The Kier molecular flexibility index (Phi) is 3.32. The smallest absolute Gasteiger partial charge is 0.318 e. The first kappa shape index (κ1) is 12.2. The summed E-state index contributed by atoms with van der Waals surface area (Å²) in [5.74, 6) is 0.772. The fraction of sp³-hybridized carbons (Fsp3) is 0.231. The Morgan fingerprint density at radius 2 is 2.00 bits per heavy atom. The van der Waals surface area contributed by atoms with Crippen LogP contribution in [0.3, 0.4) is 0 Å². The molecular formula is C13H15N3O2. The second-order valence-electron chi connectivity index (χ2n) is 3.98. The Bertz CT molecular complexity index is 550. The van der Waals surface area contributed by atoms with Gasteiger partial charge in [-0.1, -0.05) is 12.1 Å². The van der Waals surface area contributed by atoms with Gasteiger partial charge in [-0.3, -0.25) is 0 Å². The molecule has 5 heteroatoms. The lowest BCUT2D eigenvalue weighted by Crippen LogP contribution is -2.00. The summed E-state index contributed by atoms with van der Waals surface area (Å²) in [6, 6.07) is 7.41. The molecular weight excluding hydrogens is 230 g/mol. The van der Waals surface area contributed by atoms with Gasteiger partial charge in [-0.15, -0.1) is 0 Å². The monoisotopic (exact) mass is 245 g/mol. The first-order valence-corrected chi connectivity index (χ1v) is 5.55. The fourth-order valence-corrected chi connectivity index (χ4v) is 1.64. The molecule has 0 bridgehead atoms. The predicted octanol–water partition coefficient (Wildman–Crippen LogP) is 2.55.